The molecule has 1 aromatic rings. The van der Waals surface area contributed by atoms with E-state index >= 15 is 0 Å². The van der Waals surface area contributed by atoms with E-state index in [-0.39, 0.29) is 21.1 Å². The van der Waals surface area contributed by atoms with Gasteiger partial charge in [-0.15, -0.1) is 12.1 Å². The quantitative estimate of drug-likeness (QED) is 0.397. The zero-order valence-corrected chi connectivity index (χ0v) is 12.1. The van der Waals surface area contributed by atoms with Gasteiger partial charge in [0.2, 0.25) is 0 Å². The topological polar surface area (TPSA) is 59.7 Å². The summed E-state index contributed by atoms with van der Waals surface area (Å²) < 4.78 is 22.5. The minimum absolute atomic E-state index is 0. The number of benzene rings is 1. The van der Waals surface area contributed by atoms with Gasteiger partial charge in [-0.1, -0.05) is 6.07 Å². The predicted octanol–water partition coefficient (Wildman–Crippen LogP) is 2.78. The number of hydrogen-bond donors (Lipinski definition) is 0. The molecule has 97 valence electrons. The molecule has 5 radical (unpaired) electrons. The Hall–Kier alpha value is -1.00. The summed E-state index contributed by atoms with van der Waals surface area (Å²) in [5.41, 5.74) is 1.07. The van der Waals surface area contributed by atoms with E-state index in [1.807, 2.05) is 62.4 Å². The molecule has 0 saturated heterocycles. The van der Waals surface area contributed by atoms with E-state index < -0.39 is 0 Å². The fraction of sp³-hybridized carbons (Fsp3) is 0. The van der Waals surface area contributed by atoms with E-state index in [0.717, 1.165) is 5.56 Å². The number of hydrogen-bond acceptors (Lipinski definition) is 0. The number of rotatable bonds is 0. The van der Waals surface area contributed by atoms with Crippen LogP contribution >= 0.6 is 0 Å². The third kappa shape index (κ3) is 26.6. The molecule has 1 aromatic carbocycles. The maximum absolute atomic E-state index is 7.50. The molecule has 1 aliphatic rings. The Morgan fingerprint density at radius 1 is 0.632 bits per heavy atom. The summed E-state index contributed by atoms with van der Waals surface area (Å²) in [5.74, 6) is 0. The Labute approximate surface area is 130 Å². The van der Waals surface area contributed by atoms with Crippen molar-refractivity contribution in [2.75, 3.05) is 0 Å². The first-order chi connectivity index (χ1) is 8.89. The molecule has 0 amide bonds. The van der Waals surface area contributed by atoms with Gasteiger partial charge in [0.05, 0.1) is 0 Å². The van der Waals surface area contributed by atoms with Crippen LogP contribution in [0, 0.1) is 59.0 Å². The van der Waals surface area contributed by atoms with Gasteiger partial charge in [0.1, 0.15) is 0 Å². The van der Waals surface area contributed by atoms with E-state index in [1.165, 1.54) is 0 Å². The van der Waals surface area contributed by atoms with Gasteiger partial charge in [-0.05, 0) is 32.1 Å². The first-order valence-electron chi connectivity index (χ1n) is 4.54. The van der Waals surface area contributed by atoms with Crippen LogP contribution in [0.3, 0.4) is 0 Å². The Bertz CT molecular complexity index is 278. The Morgan fingerprint density at radius 2 is 0.895 bits per heavy atom. The van der Waals surface area contributed by atoms with Crippen molar-refractivity contribution in [3.8, 4) is 0 Å². The molecule has 1 aliphatic carbocycles. The van der Waals surface area contributed by atoms with Crippen LogP contribution < -0.4 is 0 Å². The average molecular weight is 336 g/mol. The third-order valence-electron chi connectivity index (χ3n) is 1.40. The average Bonchev–Trinajstić information content (AvgIpc) is 3.06. The predicted molar refractivity (Wildman–Crippen MR) is 64.2 cm³/mol. The summed E-state index contributed by atoms with van der Waals surface area (Å²) in [6.45, 7) is 17.2. The fourth-order valence-electron chi connectivity index (χ4n) is 0.799. The molecule has 0 aliphatic heterocycles. The summed E-state index contributed by atoms with van der Waals surface area (Å²) in [6.07, 6.45) is 10.0. The van der Waals surface area contributed by atoms with Gasteiger partial charge in [0, 0.05) is 21.1 Å². The van der Waals surface area contributed by atoms with Crippen molar-refractivity contribution in [3.63, 3.8) is 0 Å². The van der Waals surface area contributed by atoms with E-state index in [4.69, 9.17) is 14.0 Å². The van der Waals surface area contributed by atoms with Crippen LogP contribution in [-0.4, -0.2) is 0 Å². The van der Waals surface area contributed by atoms with Crippen molar-refractivity contribution in [1.29, 1.82) is 0 Å². The van der Waals surface area contributed by atoms with Gasteiger partial charge in [0.25, 0.3) is 0 Å². The standard InChI is InChI=1S/C7H7.C5H5.3CO.Mo/c1-7-5-3-2-4-6-7;1-2-4-5-3-1;3*1-2;/h2-6H,1H2;1-5H;;;;/q-1;;;;;. The van der Waals surface area contributed by atoms with Crippen molar-refractivity contribution in [1.82, 2.24) is 0 Å². The molecule has 0 N–H and O–H groups in total. The van der Waals surface area contributed by atoms with Crippen LogP contribution in [0.15, 0.2) is 30.3 Å². The van der Waals surface area contributed by atoms with Crippen LogP contribution in [0.2, 0.25) is 0 Å². The smallest absolute Gasteiger partial charge is 0 e. The normalized spacial score (nSPS) is 9.79. The van der Waals surface area contributed by atoms with Crippen LogP contribution in [0.25, 0.3) is 0 Å². The van der Waals surface area contributed by atoms with Crippen LogP contribution in [-0.2, 0) is 35.0 Å². The third-order valence-corrected chi connectivity index (χ3v) is 1.40. The zero-order chi connectivity index (χ0) is 14.6. The molecular formula is C15H12MoO3-. The van der Waals surface area contributed by atoms with Gasteiger partial charge < -0.3 is 0 Å². The first-order valence-corrected chi connectivity index (χ1v) is 4.54. The minimum Gasteiger partial charge on any atom is -0.199 e. The molecule has 0 unspecified atom stereocenters. The van der Waals surface area contributed by atoms with Crippen molar-refractivity contribution in [2.45, 2.75) is 0 Å². The molecule has 1 fully saturated rings. The monoisotopic (exact) mass is 338 g/mol. The van der Waals surface area contributed by atoms with Gasteiger partial charge in [0.15, 0.2) is 0 Å². The molecular weight excluding hydrogens is 324 g/mol. The SMILES string of the molecule is [C-]#[O+].[C-]#[O+].[C-]#[O+].[CH2-]c1ccccc1.[CH]1[CH][CH][CH][CH]1.[Mo]. The van der Waals surface area contributed by atoms with Crippen molar-refractivity contribution < 1.29 is 35.0 Å². The molecule has 0 heterocycles. The summed E-state index contributed by atoms with van der Waals surface area (Å²) in [5, 5.41) is 0. The molecule has 0 atom stereocenters. The Balaban J connectivity index is -0.0000000838. The summed E-state index contributed by atoms with van der Waals surface area (Å²) >= 11 is 0. The molecule has 3 nitrogen and oxygen atoms in total. The van der Waals surface area contributed by atoms with Crippen molar-refractivity contribution in [3.05, 3.63) is 94.9 Å². The van der Waals surface area contributed by atoms with E-state index in [0.29, 0.717) is 0 Å². The fourth-order valence-corrected chi connectivity index (χ4v) is 0.799. The molecule has 1 saturated carbocycles. The van der Waals surface area contributed by atoms with Crippen LogP contribution in [0.5, 0.6) is 0 Å². The van der Waals surface area contributed by atoms with Crippen molar-refractivity contribution in [2.24, 2.45) is 0 Å². The summed E-state index contributed by atoms with van der Waals surface area (Å²) in [6, 6.07) is 9.87. The van der Waals surface area contributed by atoms with E-state index in [1.54, 1.807) is 0 Å². The molecule has 4 heteroatoms. The molecule has 19 heavy (non-hydrogen) atoms. The van der Waals surface area contributed by atoms with E-state index in [9.17, 15) is 0 Å². The summed E-state index contributed by atoms with van der Waals surface area (Å²) in [7, 11) is 0. The minimum atomic E-state index is 0. The largest absolute Gasteiger partial charge is 0.199 e. The maximum atomic E-state index is 7.50. The first kappa shape index (κ1) is 26.5. The van der Waals surface area contributed by atoms with Crippen molar-refractivity contribution >= 4 is 0 Å². The van der Waals surface area contributed by atoms with Gasteiger partial charge in [-0.3, -0.25) is 0 Å². The Kier molecular flexibility index (Phi) is 42.2. The molecule has 2 rings (SSSR count). The second-order valence-electron chi connectivity index (χ2n) is 2.45. The molecule has 0 aromatic heterocycles. The van der Waals surface area contributed by atoms with Gasteiger partial charge in [-0.2, -0.15) is 24.6 Å². The molecule has 0 bridgehead atoms. The summed E-state index contributed by atoms with van der Waals surface area (Å²) in [4.78, 5) is 0. The van der Waals surface area contributed by atoms with Crippen LogP contribution in [0.4, 0.5) is 0 Å². The molecule has 0 spiro atoms. The second-order valence-corrected chi connectivity index (χ2v) is 2.45. The van der Waals surface area contributed by atoms with E-state index in [2.05, 4.69) is 26.9 Å². The van der Waals surface area contributed by atoms with Gasteiger partial charge >= 0.3 is 33.9 Å². The maximum Gasteiger partial charge on any atom is 0 e. The Morgan fingerprint density at radius 3 is 1.05 bits per heavy atom. The second kappa shape index (κ2) is 30.2. The zero-order valence-electron chi connectivity index (χ0n) is 10.1. The van der Waals surface area contributed by atoms with Crippen LogP contribution in [0.1, 0.15) is 5.56 Å². The van der Waals surface area contributed by atoms with Gasteiger partial charge in [-0.25, -0.2) is 0 Å².